The second-order valence-electron chi connectivity index (χ2n) is 5.49. The second kappa shape index (κ2) is 5.57. The average molecular weight is 300 g/mol. The van der Waals surface area contributed by atoms with Crippen LogP contribution in [-0.2, 0) is 0 Å². The van der Waals surface area contributed by atoms with Crippen molar-refractivity contribution >= 4 is 33.7 Å². The van der Waals surface area contributed by atoms with E-state index in [1.165, 1.54) is 0 Å². The van der Waals surface area contributed by atoms with Crippen molar-refractivity contribution in [2.45, 2.75) is 6.92 Å². The maximum atomic E-state index is 4.54. The van der Waals surface area contributed by atoms with Gasteiger partial charge in [-0.25, -0.2) is 0 Å². The van der Waals surface area contributed by atoms with Crippen molar-refractivity contribution < 1.29 is 0 Å². The number of anilines is 1. The smallest absolute Gasteiger partial charge is 0.0726 e. The standard InChI is InChI=1S/C19H16N4/c1-13-10-19(16-7-3-5-9-18(16)22-13)23-21-12-14-11-20-17-8-4-2-6-15(14)17/h2-12,20H,1H3,(H,22,23). The number of H-pyrrole nitrogens is 1. The SMILES string of the molecule is Cc1cc(NN=Cc2c[nH]c3ccccc23)c2ccccc2n1. The molecule has 0 spiro atoms. The molecule has 2 N–H and O–H groups in total. The molecule has 4 nitrogen and oxygen atoms in total. The Labute approximate surface area is 133 Å². The molecule has 0 radical (unpaired) electrons. The van der Waals surface area contributed by atoms with Gasteiger partial charge in [0, 0.05) is 33.7 Å². The Morgan fingerprint density at radius 3 is 2.74 bits per heavy atom. The third-order valence-electron chi connectivity index (χ3n) is 3.85. The average Bonchev–Trinajstić information content (AvgIpc) is 2.98. The number of fused-ring (bicyclic) bond motifs is 2. The van der Waals surface area contributed by atoms with Gasteiger partial charge in [0.05, 0.1) is 17.4 Å². The van der Waals surface area contributed by atoms with E-state index in [9.17, 15) is 0 Å². The van der Waals surface area contributed by atoms with Crippen LogP contribution >= 0.6 is 0 Å². The van der Waals surface area contributed by atoms with Gasteiger partial charge in [0.1, 0.15) is 0 Å². The van der Waals surface area contributed by atoms with E-state index in [-0.39, 0.29) is 0 Å². The maximum absolute atomic E-state index is 4.54. The lowest BCUT2D eigenvalue weighted by Gasteiger charge is -2.06. The summed E-state index contributed by atoms with van der Waals surface area (Å²) in [4.78, 5) is 7.78. The fourth-order valence-electron chi connectivity index (χ4n) is 2.77. The zero-order valence-electron chi connectivity index (χ0n) is 12.7. The van der Waals surface area contributed by atoms with Crippen molar-refractivity contribution in [3.05, 3.63) is 72.1 Å². The number of hydrogen-bond donors (Lipinski definition) is 2. The molecule has 23 heavy (non-hydrogen) atoms. The van der Waals surface area contributed by atoms with Gasteiger partial charge in [0.25, 0.3) is 0 Å². The molecule has 4 aromatic rings. The number of aromatic nitrogens is 2. The molecule has 4 rings (SSSR count). The predicted molar refractivity (Wildman–Crippen MR) is 96.0 cm³/mol. The lowest BCUT2D eigenvalue weighted by atomic mass is 10.1. The molecule has 4 heteroatoms. The van der Waals surface area contributed by atoms with E-state index >= 15 is 0 Å². The molecule has 0 atom stereocenters. The number of aryl methyl sites for hydroxylation is 1. The van der Waals surface area contributed by atoms with Gasteiger partial charge in [-0.05, 0) is 25.1 Å². The van der Waals surface area contributed by atoms with Crippen LogP contribution in [0.4, 0.5) is 5.69 Å². The van der Waals surface area contributed by atoms with Gasteiger partial charge in [-0.3, -0.25) is 10.4 Å². The summed E-state index contributed by atoms with van der Waals surface area (Å²) in [6, 6.07) is 18.3. The van der Waals surface area contributed by atoms with Crippen LogP contribution in [-0.4, -0.2) is 16.2 Å². The Kier molecular flexibility index (Phi) is 3.27. The van der Waals surface area contributed by atoms with E-state index in [1.807, 2.05) is 61.8 Å². The van der Waals surface area contributed by atoms with Gasteiger partial charge in [-0.1, -0.05) is 36.4 Å². The summed E-state index contributed by atoms with van der Waals surface area (Å²) in [7, 11) is 0. The summed E-state index contributed by atoms with van der Waals surface area (Å²) in [5.74, 6) is 0. The van der Waals surface area contributed by atoms with Crippen LogP contribution in [0.5, 0.6) is 0 Å². The molecule has 0 unspecified atom stereocenters. The highest BCUT2D eigenvalue weighted by atomic mass is 15.3. The monoisotopic (exact) mass is 300 g/mol. The fraction of sp³-hybridized carbons (Fsp3) is 0.0526. The molecule has 0 aliphatic heterocycles. The van der Waals surface area contributed by atoms with E-state index in [1.54, 1.807) is 0 Å². The summed E-state index contributed by atoms with van der Waals surface area (Å²) < 4.78 is 0. The first kappa shape index (κ1) is 13.5. The van der Waals surface area contributed by atoms with Gasteiger partial charge in [-0.15, -0.1) is 0 Å². The van der Waals surface area contributed by atoms with Crippen LogP contribution < -0.4 is 5.43 Å². The van der Waals surface area contributed by atoms with E-state index in [2.05, 4.69) is 32.6 Å². The lowest BCUT2D eigenvalue weighted by Crippen LogP contribution is -1.94. The first-order valence-electron chi connectivity index (χ1n) is 7.53. The number of hydrazone groups is 1. The summed E-state index contributed by atoms with van der Waals surface area (Å²) in [5, 5.41) is 6.63. The Hall–Kier alpha value is -3.14. The highest BCUT2D eigenvalue weighted by Crippen LogP contribution is 2.23. The fourth-order valence-corrected chi connectivity index (χ4v) is 2.77. The van der Waals surface area contributed by atoms with Gasteiger partial charge >= 0.3 is 0 Å². The zero-order valence-corrected chi connectivity index (χ0v) is 12.7. The summed E-state index contributed by atoms with van der Waals surface area (Å²) >= 11 is 0. The van der Waals surface area contributed by atoms with Gasteiger partial charge in [0.15, 0.2) is 0 Å². The molecular formula is C19H16N4. The summed E-state index contributed by atoms with van der Waals surface area (Å²) in [6.45, 7) is 1.99. The first-order valence-corrected chi connectivity index (χ1v) is 7.53. The number of hydrogen-bond acceptors (Lipinski definition) is 3. The van der Waals surface area contributed by atoms with Crippen LogP contribution in [0.1, 0.15) is 11.3 Å². The predicted octanol–water partition coefficient (Wildman–Crippen LogP) is 4.47. The highest BCUT2D eigenvalue weighted by Gasteiger charge is 2.03. The van der Waals surface area contributed by atoms with Gasteiger partial charge < -0.3 is 4.98 Å². The number of pyridine rings is 1. The molecule has 0 aliphatic rings. The lowest BCUT2D eigenvalue weighted by molar-refractivity contribution is 1.24. The van der Waals surface area contributed by atoms with Crippen LogP contribution in [0.25, 0.3) is 21.8 Å². The van der Waals surface area contributed by atoms with E-state index in [0.717, 1.165) is 38.8 Å². The van der Waals surface area contributed by atoms with Gasteiger partial charge in [-0.2, -0.15) is 5.10 Å². The number of rotatable bonds is 3. The second-order valence-corrected chi connectivity index (χ2v) is 5.49. The highest BCUT2D eigenvalue weighted by molar-refractivity contribution is 5.99. The quantitative estimate of drug-likeness (QED) is 0.433. The van der Waals surface area contributed by atoms with Crippen molar-refractivity contribution in [3.8, 4) is 0 Å². The molecule has 0 fully saturated rings. The Morgan fingerprint density at radius 1 is 1.04 bits per heavy atom. The minimum Gasteiger partial charge on any atom is -0.361 e. The molecule has 2 aromatic heterocycles. The Balaban J connectivity index is 1.66. The number of nitrogens with zero attached hydrogens (tertiary/aromatic N) is 2. The number of benzene rings is 2. The molecule has 0 bridgehead atoms. The molecule has 112 valence electrons. The van der Waals surface area contributed by atoms with Crippen molar-refractivity contribution in [2.24, 2.45) is 5.10 Å². The maximum Gasteiger partial charge on any atom is 0.0726 e. The Bertz CT molecular complexity index is 1010. The minimum atomic E-state index is 0.962. The van der Waals surface area contributed by atoms with Crippen LogP contribution in [0.3, 0.4) is 0 Å². The number of nitrogens with one attached hydrogen (secondary N) is 2. The normalized spacial score (nSPS) is 11.5. The molecule has 0 aliphatic carbocycles. The van der Waals surface area contributed by atoms with Crippen molar-refractivity contribution in [1.82, 2.24) is 9.97 Å². The largest absolute Gasteiger partial charge is 0.361 e. The van der Waals surface area contributed by atoms with Crippen LogP contribution in [0.15, 0.2) is 65.9 Å². The minimum absolute atomic E-state index is 0.962. The molecule has 0 saturated carbocycles. The third kappa shape index (κ3) is 2.55. The number of para-hydroxylation sites is 2. The first-order chi connectivity index (χ1) is 11.3. The number of aromatic amines is 1. The van der Waals surface area contributed by atoms with Crippen LogP contribution in [0, 0.1) is 6.92 Å². The van der Waals surface area contributed by atoms with E-state index in [4.69, 9.17) is 0 Å². The molecule has 0 saturated heterocycles. The van der Waals surface area contributed by atoms with E-state index < -0.39 is 0 Å². The summed E-state index contributed by atoms with van der Waals surface area (Å²) in [5.41, 5.74) is 8.21. The molecule has 0 amide bonds. The Morgan fingerprint density at radius 2 is 1.83 bits per heavy atom. The zero-order chi connectivity index (χ0) is 15.6. The third-order valence-corrected chi connectivity index (χ3v) is 3.85. The van der Waals surface area contributed by atoms with Gasteiger partial charge in [0.2, 0.25) is 0 Å². The topological polar surface area (TPSA) is 53.1 Å². The van der Waals surface area contributed by atoms with Crippen LogP contribution in [0.2, 0.25) is 0 Å². The van der Waals surface area contributed by atoms with Crippen molar-refractivity contribution in [1.29, 1.82) is 0 Å². The molecule has 2 aromatic carbocycles. The summed E-state index contributed by atoms with van der Waals surface area (Å²) in [6.07, 6.45) is 3.80. The van der Waals surface area contributed by atoms with E-state index in [0.29, 0.717) is 0 Å². The molecule has 2 heterocycles. The van der Waals surface area contributed by atoms with Crippen molar-refractivity contribution in [3.63, 3.8) is 0 Å². The molecular weight excluding hydrogens is 284 g/mol. The van der Waals surface area contributed by atoms with Crippen molar-refractivity contribution in [2.75, 3.05) is 5.43 Å².